The Hall–Kier alpha value is -4.78. The van der Waals surface area contributed by atoms with Crippen LogP contribution in [0.2, 0.25) is 0 Å². The molecule has 1 aliphatic rings. The zero-order valence-electron chi connectivity index (χ0n) is 23.9. The van der Waals surface area contributed by atoms with Crippen molar-refractivity contribution in [2.75, 3.05) is 7.11 Å². The second kappa shape index (κ2) is 11.0. The van der Waals surface area contributed by atoms with Gasteiger partial charge in [0.05, 0.1) is 36.8 Å². The van der Waals surface area contributed by atoms with Crippen LogP contribution >= 0.6 is 0 Å². The van der Waals surface area contributed by atoms with Gasteiger partial charge < -0.3 is 19.5 Å². The standard InChI is InChI=1S/C34H35N5O2/c1-23(2)26-15-17-27(18-16-26)32-31-14-9-19-37(31)33-30(24(3)36-39(33)28-11-6-5-7-12-28)22-38(32)34(40)35-21-25-10-8-13-29(20-25)41-4/h5-20,23,32H,21-22H2,1-4H3,(H,35,40)/t32-/m1/s1. The highest BCUT2D eigenvalue weighted by Gasteiger charge is 2.36. The van der Waals surface area contributed by atoms with Crippen molar-refractivity contribution < 1.29 is 9.53 Å². The zero-order valence-corrected chi connectivity index (χ0v) is 23.9. The quantitative estimate of drug-likeness (QED) is 0.252. The summed E-state index contributed by atoms with van der Waals surface area (Å²) in [5, 5.41) is 8.13. The summed E-state index contributed by atoms with van der Waals surface area (Å²) in [6, 6.07) is 30.3. The van der Waals surface area contributed by atoms with Crippen molar-refractivity contribution in [3.8, 4) is 17.3 Å². The predicted molar refractivity (Wildman–Crippen MR) is 161 cm³/mol. The van der Waals surface area contributed by atoms with Crippen LogP contribution in [0.25, 0.3) is 11.5 Å². The molecule has 3 aromatic carbocycles. The molecule has 3 heterocycles. The Labute approximate surface area is 241 Å². The van der Waals surface area contributed by atoms with Gasteiger partial charge in [0.25, 0.3) is 0 Å². The fourth-order valence-electron chi connectivity index (χ4n) is 5.62. The fraction of sp³-hybridized carbons (Fsp3) is 0.235. The van der Waals surface area contributed by atoms with E-state index in [4.69, 9.17) is 9.84 Å². The molecule has 0 fully saturated rings. The lowest BCUT2D eigenvalue weighted by atomic mass is 9.97. The molecule has 0 unspecified atom stereocenters. The number of methoxy groups -OCH3 is 1. The molecule has 41 heavy (non-hydrogen) atoms. The minimum Gasteiger partial charge on any atom is -0.497 e. The van der Waals surface area contributed by atoms with Crippen LogP contribution in [0.1, 0.15) is 59.4 Å². The molecule has 1 atom stereocenters. The first-order valence-corrected chi connectivity index (χ1v) is 14.0. The maximum atomic E-state index is 14.1. The summed E-state index contributed by atoms with van der Waals surface area (Å²) < 4.78 is 9.57. The number of rotatable bonds is 6. The van der Waals surface area contributed by atoms with Crippen LogP contribution in [-0.2, 0) is 13.1 Å². The highest BCUT2D eigenvalue weighted by atomic mass is 16.5. The van der Waals surface area contributed by atoms with Crippen molar-refractivity contribution in [1.82, 2.24) is 24.6 Å². The Kier molecular flexibility index (Phi) is 7.10. The molecule has 0 spiro atoms. The molecule has 0 bridgehead atoms. The van der Waals surface area contributed by atoms with Gasteiger partial charge in [0.1, 0.15) is 11.6 Å². The summed E-state index contributed by atoms with van der Waals surface area (Å²) in [6.07, 6.45) is 2.07. The molecular formula is C34H35N5O2. The number of hydrogen-bond acceptors (Lipinski definition) is 3. The number of nitrogens with zero attached hydrogens (tertiary/aromatic N) is 4. The van der Waals surface area contributed by atoms with E-state index in [9.17, 15) is 4.79 Å². The number of fused-ring (bicyclic) bond motifs is 3. The molecule has 208 valence electrons. The minimum atomic E-state index is -0.299. The van der Waals surface area contributed by atoms with Crippen molar-refractivity contribution in [2.24, 2.45) is 0 Å². The van der Waals surface area contributed by atoms with Crippen LogP contribution in [0.5, 0.6) is 5.75 Å². The van der Waals surface area contributed by atoms with Gasteiger partial charge in [-0.2, -0.15) is 5.10 Å². The molecule has 0 saturated carbocycles. The van der Waals surface area contributed by atoms with Crippen molar-refractivity contribution in [3.63, 3.8) is 0 Å². The average molecular weight is 546 g/mol. The third kappa shape index (κ3) is 4.99. The number of para-hydroxylation sites is 1. The number of amides is 2. The molecule has 7 heteroatoms. The Balaban J connectivity index is 1.45. The zero-order chi connectivity index (χ0) is 28.5. The number of aromatic nitrogens is 3. The van der Waals surface area contributed by atoms with Gasteiger partial charge in [-0.1, -0.05) is 68.4 Å². The molecule has 7 nitrogen and oxygen atoms in total. The molecular weight excluding hydrogens is 510 g/mol. The Bertz CT molecular complexity index is 1670. The summed E-state index contributed by atoms with van der Waals surface area (Å²) in [7, 11) is 1.65. The van der Waals surface area contributed by atoms with Crippen LogP contribution in [-0.4, -0.2) is 32.4 Å². The fourth-order valence-corrected chi connectivity index (χ4v) is 5.62. The maximum absolute atomic E-state index is 14.1. The van der Waals surface area contributed by atoms with Crippen LogP contribution < -0.4 is 10.1 Å². The van der Waals surface area contributed by atoms with Gasteiger partial charge in [0.15, 0.2) is 0 Å². The van der Waals surface area contributed by atoms with Gasteiger partial charge in [-0.15, -0.1) is 0 Å². The molecule has 0 aliphatic carbocycles. The molecule has 0 saturated heterocycles. The highest BCUT2D eigenvalue weighted by Crippen LogP contribution is 2.38. The van der Waals surface area contributed by atoms with E-state index in [1.807, 2.05) is 65.0 Å². The largest absolute Gasteiger partial charge is 0.497 e. The van der Waals surface area contributed by atoms with Crippen molar-refractivity contribution in [3.05, 3.63) is 131 Å². The van der Waals surface area contributed by atoms with Crippen molar-refractivity contribution >= 4 is 6.03 Å². The summed E-state index contributed by atoms with van der Waals surface area (Å²) >= 11 is 0. The minimum absolute atomic E-state index is 0.141. The topological polar surface area (TPSA) is 64.3 Å². The number of aryl methyl sites for hydroxylation is 1. The van der Waals surface area contributed by atoms with E-state index >= 15 is 0 Å². The number of urea groups is 1. The first-order valence-electron chi connectivity index (χ1n) is 14.0. The average Bonchev–Trinajstić information content (AvgIpc) is 3.56. The lowest BCUT2D eigenvalue weighted by Crippen LogP contribution is -2.41. The van der Waals surface area contributed by atoms with E-state index in [0.717, 1.165) is 45.3 Å². The second-order valence-electron chi connectivity index (χ2n) is 10.8. The van der Waals surface area contributed by atoms with Crippen LogP contribution in [0.3, 0.4) is 0 Å². The van der Waals surface area contributed by atoms with Crippen LogP contribution in [0, 0.1) is 6.92 Å². The first-order chi connectivity index (χ1) is 19.9. The predicted octanol–water partition coefficient (Wildman–Crippen LogP) is 6.92. The molecule has 0 radical (unpaired) electrons. The number of carbonyl (C=O) groups is 1. The summed E-state index contributed by atoms with van der Waals surface area (Å²) in [4.78, 5) is 16.1. The van der Waals surface area contributed by atoms with Gasteiger partial charge in [-0.25, -0.2) is 9.48 Å². The Morgan fingerprint density at radius 2 is 1.78 bits per heavy atom. The lowest BCUT2D eigenvalue weighted by molar-refractivity contribution is 0.180. The molecule has 2 aromatic heterocycles. The SMILES string of the molecule is COc1cccc(CNC(=O)N2Cc3c(C)nn(-c4ccccc4)c3-n3cccc3[C@H]2c2ccc(C(C)C)cc2)c1. The first kappa shape index (κ1) is 26.4. The van der Waals surface area contributed by atoms with E-state index < -0.39 is 0 Å². The van der Waals surface area contributed by atoms with Gasteiger partial charge in [0, 0.05) is 18.3 Å². The number of benzene rings is 3. The molecule has 2 amide bonds. The molecule has 1 aliphatic heterocycles. The van der Waals surface area contributed by atoms with Crippen molar-refractivity contribution in [1.29, 1.82) is 0 Å². The Morgan fingerprint density at radius 3 is 2.51 bits per heavy atom. The van der Waals surface area contributed by atoms with E-state index in [2.05, 4.69) is 72.4 Å². The van der Waals surface area contributed by atoms with Gasteiger partial charge >= 0.3 is 6.03 Å². The smallest absolute Gasteiger partial charge is 0.318 e. The third-order valence-corrected chi connectivity index (χ3v) is 7.84. The summed E-state index contributed by atoms with van der Waals surface area (Å²) in [6.45, 7) is 7.21. The highest BCUT2D eigenvalue weighted by molar-refractivity contribution is 5.76. The second-order valence-corrected chi connectivity index (χ2v) is 10.8. The van der Waals surface area contributed by atoms with Crippen LogP contribution in [0.15, 0.2) is 97.2 Å². The van der Waals surface area contributed by atoms with E-state index in [1.165, 1.54) is 5.56 Å². The van der Waals surface area contributed by atoms with E-state index in [0.29, 0.717) is 19.0 Å². The van der Waals surface area contributed by atoms with Gasteiger partial charge in [0.2, 0.25) is 0 Å². The van der Waals surface area contributed by atoms with E-state index in [1.54, 1.807) is 7.11 Å². The normalized spacial score (nSPS) is 14.4. The van der Waals surface area contributed by atoms with Crippen LogP contribution in [0.4, 0.5) is 4.79 Å². The Morgan fingerprint density at radius 1 is 1.00 bits per heavy atom. The molecule has 5 aromatic rings. The maximum Gasteiger partial charge on any atom is 0.318 e. The number of ether oxygens (including phenoxy) is 1. The lowest BCUT2D eigenvalue weighted by Gasteiger charge is -2.31. The van der Waals surface area contributed by atoms with E-state index in [-0.39, 0.29) is 12.1 Å². The van der Waals surface area contributed by atoms with Gasteiger partial charge in [-0.3, -0.25) is 0 Å². The number of hydrogen-bond donors (Lipinski definition) is 1. The summed E-state index contributed by atoms with van der Waals surface area (Å²) in [5.74, 6) is 2.15. The van der Waals surface area contributed by atoms with Gasteiger partial charge in [-0.05, 0) is 65.9 Å². The molecule has 6 rings (SSSR count). The van der Waals surface area contributed by atoms with Crippen molar-refractivity contribution in [2.45, 2.75) is 45.8 Å². The monoisotopic (exact) mass is 545 g/mol. The summed E-state index contributed by atoms with van der Waals surface area (Å²) in [5.41, 5.74) is 7.20. The third-order valence-electron chi connectivity index (χ3n) is 7.84. The number of carbonyl (C=O) groups excluding carboxylic acids is 1. The number of nitrogens with one attached hydrogen (secondary N) is 1. The molecule has 1 N–H and O–H groups in total.